The molecule has 2 heterocycles. The third kappa shape index (κ3) is 3.55. The SMILES string of the molecule is Cl.O=C(NCC1CNC1)c1ccccc1C(=O)c1cccs1. The largest absolute Gasteiger partial charge is 0.352 e. The first kappa shape index (κ1) is 16.7. The summed E-state index contributed by atoms with van der Waals surface area (Å²) in [6.45, 7) is 2.53. The molecule has 4 nitrogen and oxygen atoms in total. The van der Waals surface area contributed by atoms with E-state index in [1.807, 2.05) is 11.4 Å². The second kappa shape index (κ2) is 7.54. The second-order valence-corrected chi connectivity index (χ2v) is 6.03. The van der Waals surface area contributed by atoms with E-state index in [0.29, 0.717) is 28.5 Å². The zero-order chi connectivity index (χ0) is 14.7. The number of nitrogens with one attached hydrogen (secondary N) is 2. The number of halogens is 1. The summed E-state index contributed by atoms with van der Waals surface area (Å²) < 4.78 is 0. The summed E-state index contributed by atoms with van der Waals surface area (Å²) in [4.78, 5) is 25.4. The average molecular weight is 337 g/mol. The Kier molecular flexibility index (Phi) is 5.71. The zero-order valence-electron chi connectivity index (χ0n) is 11.9. The van der Waals surface area contributed by atoms with Crippen LogP contribution in [0.5, 0.6) is 0 Å². The van der Waals surface area contributed by atoms with Crippen molar-refractivity contribution >= 4 is 35.4 Å². The Balaban J connectivity index is 0.00000176. The maximum atomic E-state index is 12.5. The molecule has 1 aromatic heterocycles. The summed E-state index contributed by atoms with van der Waals surface area (Å²) >= 11 is 1.39. The van der Waals surface area contributed by atoms with Crippen molar-refractivity contribution in [3.8, 4) is 0 Å². The van der Waals surface area contributed by atoms with Crippen molar-refractivity contribution < 1.29 is 9.59 Å². The highest BCUT2D eigenvalue weighted by Crippen LogP contribution is 2.18. The summed E-state index contributed by atoms with van der Waals surface area (Å²) in [5, 5.41) is 7.94. The lowest BCUT2D eigenvalue weighted by atomic mass is 10.0. The molecule has 1 saturated heterocycles. The van der Waals surface area contributed by atoms with Gasteiger partial charge in [-0.15, -0.1) is 23.7 Å². The molecule has 1 aliphatic heterocycles. The van der Waals surface area contributed by atoms with E-state index < -0.39 is 0 Å². The standard InChI is InChI=1S/C16H16N2O2S.ClH/c19-15(14-6-3-7-21-14)12-4-1-2-5-13(12)16(20)18-10-11-8-17-9-11;/h1-7,11,17H,8-10H2,(H,18,20);1H. The van der Waals surface area contributed by atoms with Crippen LogP contribution in [0.4, 0.5) is 0 Å². The van der Waals surface area contributed by atoms with Gasteiger partial charge in [0.1, 0.15) is 0 Å². The van der Waals surface area contributed by atoms with Crippen LogP contribution in [-0.4, -0.2) is 31.3 Å². The van der Waals surface area contributed by atoms with Gasteiger partial charge >= 0.3 is 0 Å². The Bertz CT molecular complexity index is 654. The molecular formula is C16H17ClN2O2S. The number of benzene rings is 1. The van der Waals surface area contributed by atoms with Gasteiger partial charge in [-0.2, -0.15) is 0 Å². The van der Waals surface area contributed by atoms with Gasteiger partial charge in [-0.1, -0.05) is 24.3 Å². The van der Waals surface area contributed by atoms with Gasteiger partial charge in [0.05, 0.1) is 10.4 Å². The van der Waals surface area contributed by atoms with Gasteiger partial charge in [0, 0.05) is 31.1 Å². The first-order valence-corrected chi connectivity index (χ1v) is 7.80. The summed E-state index contributed by atoms with van der Waals surface area (Å²) in [5.74, 6) is 0.220. The van der Waals surface area contributed by atoms with Crippen LogP contribution in [0.1, 0.15) is 25.6 Å². The van der Waals surface area contributed by atoms with Crippen molar-refractivity contribution in [2.45, 2.75) is 0 Å². The normalized spacial score (nSPS) is 13.8. The number of thiophene rings is 1. The van der Waals surface area contributed by atoms with Crippen LogP contribution in [0, 0.1) is 5.92 Å². The summed E-state index contributed by atoms with van der Waals surface area (Å²) in [5.41, 5.74) is 0.910. The van der Waals surface area contributed by atoms with Gasteiger partial charge in [-0.05, 0) is 17.5 Å². The lowest BCUT2D eigenvalue weighted by molar-refractivity contribution is 0.0932. The molecule has 2 N–H and O–H groups in total. The van der Waals surface area contributed by atoms with Gasteiger partial charge in [0.25, 0.3) is 5.91 Å². The number of amides is 1. The molecule has 0 bridgehead atoms. The third-order valence-corrected chi connectivity index (χ3v) is 4.45. The lowest BCUT2D eigenvalue weighted by Crippen LogP contribution is -2.48. The fourth-order valence-corrected chi connectivity index (χ4v) is 2.92. The number of hydrogen-bond acceptors (Lipinski definition) is 4. The van der Waals surface area contributed by atoms with Crippen LogP contribution in [0.2, 0.25) is 0 Å². The Morgan fingerprint density at radius 3 is 2.45 bits per heavy atom. The van der Waals surface area contributed by atoms with E-state index in [2.05, 4.69) is 10.6 Å². The molecule has 0 radical (unpaired) electrons. The maximum absolute atomic E-state index is 12.5. The van der Waals surface area contributed by atoms with Crippen LogP contribution in [0.15, 0.2) is 41.8 Å². The summed E-state index contributed by atoms with van der Waals surface area (Å²) in [6.07, 6.45) is 0. The van der Waals surface area contributed by atoms with Gasteiger partial charge in [-0.3, -0.25) is 9.59 Å². The molecule has 0 saturated carbocycles. The molecular weight excluding hydrogens is 320 g/mol. The van der Waals surface area contributed by atoms with Crippen LogP contribution >= 0.6 is 23.7 Å². The Hall–Kier alpha value is -1.69. The predicted molar refractivity (Wildman–Crippen MR) is 90.1 cm³/mol. The van der Waals surface area contributed by atoms with Gasteiger partial charge in [0.15, 0.2) is 0 Å². The highest BCUT2D eigenvalue weighted by Gasteiger charge is 2.21. The van der Waals surface area contributed by atoms with E-state index in [4.69, 9.17) is 0 Å². The van der Waals surface area contributed by atoms with E-state index in [9.17, 15) is 9.59 Å². The molecule has 3 rings (SSSR count). The first-order chi connectivity index (χ1) is 10.3. The second-order valence-electron chi connectivity index (χ2n) is 5.09. The minimum absolute atomic E-state index is 0. The summed E-state index contributed by atoms with van der Waals surface area (Å²) in [7, 11) is 0. The van der Waals surface area contributed by atoms with Crippen LogP contribution in [-0.2, 0) is 0 Å². The highest BCUT2D eigenvalue weighted by molar-refractivity contribution is 7.12. The molecule has 6 heteroatoms. The zero-order valence-corrected chi connectivity index (χ0v) is 13.5. The van der Waals surface area contributed by atoms with Crippen molar-refractivity contribution in [1.82, 2.24) is 10.6 Å². The Morgan fingerprint density at radius 1 is 1.14 bits per heavy atom. The van der Waals surface area contributed by atoms with E-state index in [1.54, 1.807) is 30.3 Å². The molecule has 1 fully saturated rings. The molecule has 0 atom stereocenters. The molecule has 0 aliphatic carbocycles. The Labute approximate surface area is 139 Å². The number of hydrogen-bond donors (Lipinski definition) is 2. The Morgan fingerprint density at radius 2 is 1.86 bits per heavy atom. The molecule has 116 valence electrons. The number of carbonyl (C=O) groups excluding carboxylic acids is 2. The first-order valence-electron chi connectivity index (χ1n) is 6.92. The van der Waals surface area contributed by atoms with Crippen molar-refractivity contribution in [1.29, 1.82) is 0 Å². The van der Waals surface area contributed by atoms with E-state index in [-0.39, 0.29) is 24.1 Å². The number of rotatable bonds is 5. The van der Waals surface area contributed by atoms with E-state index in [0.717, 1.165) is 13.1 Å². The van der Waals surface area contributed by atoms with Crippen LogP contribution < -0.4 is 10.6 Å². The minimum atomic E-state index is -0.178. The fraction of sp³-hybridized carbons (Fsp3) is 0.250. The monoisotopic (exact) mass is 336 g/mol. The van der Waals surface area contributed by atoms with Crippen molar-refractivity contribution in [2.75, 3.05) is 19.6 Å². The van der Waals surface area contributed by atoms with Gasteiger partial charge < -0.3 is 10.6 Å². The predicted octanol–water partition coefficient (Wildman–Crippen LogP) is 2.35. The van der Waals surface area contributed by atoms with Crippen molar-refractivity contribution in [3.63, 3.8) is 0 Å². The van der Waals surface area contributed by atoms with Crippen molar-refractivity contribution in [2.24, 2.45) is 5.92 Å². The molecule has 22 heavy (non-hydrogen) atoms. The lowest BCUT2D eigenvalue weighted by Gasteiger charge is -2.27. The average Bonchev–Trinajstić information content (AvgIpc) is 2.99. The van der Waals surface area contributed by atoms with Crippen molar-refractivity contribution in [3.05, 3.63) is 57.8 Å². The number of ketones is 1. The number of carbonyl (C=O) groups is 2. The summed E-state index contributed by atoms with van der Waals surface area (Å²) in [6, 6.07) is 10.6. The topological polar surface area (TPSA) is 58.2 Å². The molecule has 2 aromatic rings. The minimum Gasteiger partial charge on any atom is -0.352 e. The van der Waals surface area contributed by atoms with Gasteiger partial charge in [-0.25, -0.2) is 0 Å². The fourth-order valence-electron chi connectivity index (χ4n) is 2.24. The van der Waals surface area contributed by atoms with Gasteiger partial charge in [0.2, 0.25) is 5.78 Å². The smallest absolute Gasteiger partial charge is 0.252 e. The van der Waals surface area contributed by atoms with E-state index >= 15 is 0 Å². The molecule has 1 aliphatic rings. The molecule has 0 spiro atoms. The molecule has 0 unspecified atom stereocenters. The highest BCUT2D eigenvalue weighted by atomic mass is 35.5. The molecule has 1 amide bonds. The third-order valence-electron chi connectivity index (χ3n) is 3.58. The van der Waals surface area contributed by atoms with Crippen LogP contribution in [0.3, 0.4) is 0 Å². The quantitative estimate of drug-likeness (QED) is 0.824. The molecule has 1 aromatic carbocycles. The van der Waals surface area contributed by atoms with Crippen LogP contribution in [0.25, 0.3) is 0 Å². The van der Waals surface area contributed by atoms with E-state index in [1.165, 1.54) is 11.3 Å². The maximum Gasteiger partial charge on any atom is 0.252 e.